The molecule has 0 saturated carbocycles. The smallest absolute Gasteiger partial charge is 0.0428 e. The van der Waals surface area contributed by atoms with E-state index < -0.39 is 5.97 Å². The molecule has 1 aliphatic rings. The molecule has 0 nitrogen and oxygen atoms in total. The summed E-state index contributed by atoms with van der Waals surface area (Å²) in [6.45, 7) is 0. The monoisotopic (exact) mass is 155 g/mol. The van der Waals surface area contributed by atoms with Gasteiger partial charge in [0.2, 0.25) is 5.97 Å². The van der Waals surface area contributed by atoms with Crippen molar-refractivity contribution in [2.75, 3.05) is 6.16 Å². The standard InChI is InChI=1S/C4H6Cl2P/c5-7(6)3-1-2-4-7/h1,3H,2,4H2/q+1. The third-order valence-corrected chi connectivity index (χ3v) is 4.11. The van der Waals surface area contributed by atoms with Gasteiger partial charge in [-0.1, -0.05) is 0 Å². The molecule has 0 aromatic carbocycles. The van der Waals surface area contributed by atoms with Crippen LogP contribution in [-0.4, -0.2) is 6.16 Å². The van der Waals surface area contributed by atoms with Crippen LogP contribution in [0.3, 0.4) is 0 Å². The Morgan fingerprint density at radius 1 is 1.43 bits per heavy atom. The number of rotatable bonds is 0. The molecule has 0 bridgehead atoms. The Bertz CT molecular complexity index is 97.9. The Morgan fingerprint density at radius 3 is 2.29 bits per heavy atom. The van der Waals surface area contributed by atoms with Crippen molar-refractivity contribution in [1.82, 2.24) is 0 Å². The predicted molar refractivity (Wildman–Crippen MR) is 37.2 cm³/mol. The molecule has 0 aromatic heterocycles. The fourth-order valence-electron chi connectivity index (χ4n) is 0.550. The zero-order valence-electron chi connectivity index (χ0n) is 3.77. The zero-order valence-corrected chi connectivity index (χ0v) is 6.18. The van der Waals surface area contributed by atoms with E-state index in [0.717, 1.165) is 12.6 Å². The van der Waals surface area contributed by atoms with E-state index in [1.54, 1.807) is 0 Å². The van der Waals surface area contributed by atoms with Gasteiger partial charge in [0.05, 0.1) is 12.0 Å². The normalized spacial score (nSPS) is 26.0. The van der Waals surface area contributed by atoms with Crippen molar-refractivity contribution in [1.29, 1.82) is 0 Å². The van der Waals surface area contributed by atoms with Crippen molar-refractivity contribution in [3.05, 3.63) is 11.9 Å². The van der Waals surface area contributed by atoms with Crippen LogP contribution in [0.25, 0.3) is 0 Å². The van der Waals surface area contributed by atoms with Crippen molar-refractivity contribution in [3.63, 3.8) is 0 Å². The molecule has 40 valence electrons. The first-order chi connectivity index (χ1) is 3.21. The third-order valence-electron chi connectivity index (χ3n) is 0.917. The molecule has 3 heteroatoms. The van der Waals surface area contributed by atoms with Gasteiger partial charge in [0, 0.05) is 6.42 Å². The Hall–Kier alpha value is 0.750. The minimum atomic E-state index is -1.53. The lowest BCUT2D eigenvalue weighted by atomic mass is 10.5. The molecule has 0 spiro atoms. The van der Waals surface area contributed by atoms with Crippen molar-refractivity contribution < 1.29 is 0 Å². The summed E-state index contributed by atoms with van der Waals surface area (Å²) in [6, 6.07) is 0. The van der Waals surface area contributed by atoms with Crippen LogP contribution in [-0.2, 0) is 0 Å². The molecule has 1 aliphatic heterocycles. The van der Waals surface area contributed by atoms with Crippen LogP contribution in [0, 0.1) is 0 Å². The fourth-order valence-corrected chi connectivity index (χ4v) is 2.71. The van der Waals surface area contributed by atoms with E-state index in [2.05, 4.69) is 0 Å². The van der Waals surface area contributed by atoms with E-state index in [1.165, 1.54) is 0 Å². The fraction of sp³-hybridized carbons (Fsp3) is 0.500. The van der Waals surface area contributed by atoms with E-state index in [-0.39, 0.29) is 0 Å². The molecule has 0 aliphatic carbocycles. The van der Waals surface area contributed by atoms with Crippen LogP contribution >= 0.6 is 28.4 Å². The quantitative estimate of drug-likeness (QED) is 0.472. The molecule has 0 aromatic rings. The molecular weight excluding hydrogens is 150 g/mol. The van der Waals surface area contributed by atoms with Gasteiger partial charge in [0.15, 0.2) is 0 Å². The molecular formula is C4H6Cl2P+. The molecule has 1 heterocycles. The van der Waals surface area contributed by atoms with Gasteiger partial charge in [-0.25, -0.2) is 0 Å². The van der Waals surface area contributed by atoms with Gasteiger partial charge in [-0.15, -0.1) is 0 Å². The topological polar surface area (TPSA) is 0 Å². The van der Waals surface area contributed by atoms with Crippen LogP contribution in [0.15, 0.2) is 11.9 Å². The van der Waals surface area contributed by atoms with E-state index in [1.807, 2.05) is 11.9 Å². The van der Waals surface area contributed by atoms with Crippen LogP contribution in [0.2, 0.25) is 0 Å². The van der Waals surface area contributed by atoms with Crippen LogP contribution in [0.1, 0.15) is 6.42 Å². The second kappa shape index (κ2) is 1.93. The Kier molecular flexibility index (Phi) is 1.62. The van der Waals surface area contributed by atoms with E-state index >= 15 is 0 Å². The zero-order chi connectivity index (χ0) is 5.33. The summed E-state index contributed by atoms with van der Waals surface area (Å²) in [5.74, 6) is 0.411. The molecule has 0 radical (unpaired) electrons. The van der Waals surface area contributed by atoms with Crippen molar-refractivity contribution in [2.45, 2.75) is 6.42 Å². The van der Waals surface area contributed by atoms with Crippen molar-refractivity contribution in [3.8, 4) is 0 Å². The van der Waals surface area contributed by atoms with Crippen molar-refractivity contribution >= 4 is 28.4 Å². The second-order valence-corrected chi connectivity index (χ2v) is 7.82. The second-order valence-electron chi connectivity index (χ2n) is 1.58. The third kappa shape index (κ3) is 1.60. The number of allylic oxidation sites excluding steroid dienone is 1. The van der Waals surface area contributed by atoms with Crippen LogP contribution in [0.5, 0.6) is 0 Å². The maximum absolute atomic E-state index is 5.76. The van der Waals surface area contributed by atoms with Gasteiger partial charge in [-0.05, 0) is 6.08 Å². The Balaban J connectivity index is 2.57. The van der Waals surface area contributed by atoms with Crippen LogP contribution in [0.4, 0.5) is 0 Å². The molecule has 7 heavy (non-hydrogen) atoms. The van der Waals surface area contributed by atoms with Gasteiger partial charge >= 0.3 is 0 Å². The largest absolute Gasteiger partial charge is 0.236 e. The number of hydrogen-bond acceptors (Lipinski definition) is 0. The minimum absolute atomic E-state index is 0.982. The summed E-state index contributed by atoms with van der Waals surface area (Å²) < 4.78 is 0. The Morgan fingerprint density at radius 2 is 2.14 bits per heavy atom. The summed E-state index contributed by atoms with van der Waals surface area (Å²) in [5, 5.41) is 0. The van der Waals surface area contributed by atoms with E-state index in [4.69, 9.17) is 22.5 Å². The van der Waals surface area contributed by atoms with Gasteiger partial charge < -0.3 is 0 Å². The van der Waals surface area contributed by atoms with Gasteiger partial charge in [0.25, 0.3) is 0 Å². The lowest BCUT2D eigenvalue weighted by Crippen LogP contribution is -1.68. The number of hydrogen-bond donors (Lipinski definition) is 0. The molecule has 1 rings (SSSR count). The maximum Gasteiger partial charge on any atom is 0.236 e. The molecule has 0 fully saturated rings. The SMILES string of the molecule is Cl[P+]1(Cl)C=CCC1. The first-order valence-corrected chi connectivity index (χ1v) is 6.01. The predicted octanol–water partition coefficient (Wildman–Crippen LogP) is 3.23. The summed E-state index contributed by atoms with van der Waals surface area (Å²) in [6.07, 6.45) is 4.10. The van der Waals surface area contributed by atoms with E-state index in [0.29, 0.717) is 0 Å². The average molecular weight is 156 g/mol. The molecule has 0 atom stereocenters. The van der Waals surface area contributed by atoms with Crippen molar-refractivity contribution in [2.24, 2.45) is 0 Å². The van der Waals surface area contributed by atoms with Crippen LogP contribution < -0.4 is 0 Å². The highest BCUT2D eigenvalue weighted by Gasteiger charge is 2.33. The summed E-state index contributed by atoms with van der Waals surface area (Å²) in [5.41, 5.74) is 0. The highest BCUT2D eigenvalue weighted by atomic mass is 35.9. The highest BCUT2D eigenvalue weighted by Crippen LogP contribution is 2.73. The summed E-state index contributed by atoms with van der Waals surface area (Å²) in [7, 11) is 0. The molecule has 0 amide bonds. The first-order valence-electron chi connectivity index (χ1n) is 2.15. The Labute approximate surface area is 53.4 Å². The lowest BCUT2D eigenvalue weighted by molar-refractivity contribution is 1.27. The summed E-state index contributed by atoms with van der Waals surface area (Å²) in [4.78, 5) is 0. The summed E-state index contributed by atoms with van der Waals surface area (Å²) >= 11 is 11.5. The van der Waals surface area contributed by atoms with Gasteiger partial charge in [-0.3, -0.25) is 0 Å². The molecule has 0 unspecified atom stereocenters. The number of halogens is 2. The lowest BCUT2D eigenvalue weighted by Gasteiger charge is -1.92. The highest BCUT2D eigenvalue weighted by molar-refractivity contribution is 8.19. The van der Waals surface area contributed by atoms with E-state index in [9.17, 15) is 0 Å². The average Bonchev–Trinajstić information content (AvgIpc) is 1.84. The molecule has 0 N–H and O–H groups in total. The van der Waals surface area contributed by atoms with Gasteiger partial charge in [0.1, 0.15) is 22.5 Å². The maximum atomic E-state index is 5.76. The molecule has 0 saturated heterocycles. The first kappa shape index (κ1) is 5.88. The van der Waals surface area contributed by atoms with Gasteiger partial charge in [-0.2, -0.15) is 0 Å². The minimum Gasteiger partial charge on any atom is -0.0428 e.